The molecule has 4 heteroatoms. The van der Waals surface area contributed by atoms with Crippen molar-refractivity contribution >= 4 is 11.8 Å². The van der Waals surface area contributed by atoms with E-state index >= 15 is 0 Å². The molecule has 0 saturated carbocycles. The Balaban J connectivity index is 1.88. The molecule has 0 fully saturated rings. The van der Waals surface area contributed by atoms with Crippen molar-refractivity contribution in [1.29, 1.82) is 0 Å². The maximum atomic E-state index is 13.7. The lowest BCUT2D eigenvalue weighted by Crippen LogP contribution is -2.54. The quantitative estimate of drug-likeness (QED) is 0.411. The van der Waals surface area contributed by atoms with Crippen LogP contribution in [0.25, 0.3) is 0 Å². The van der Waals surface area contributed by atoms with Gasteiger partial charge in [-0.05, 0) is 55.9 Å². The van der Waals surface area contributed by atoms with E-state index in [9.17, 15) is 9.59 Å². The summed E-state index contributed by atoms with van der Waals surface area (Å²) in [5, 5.41) is 3.11. The smallest absolute Gasteiger partial charge is 0.243 e. The van der Waals surface area contributed by atoms with Crippen LogP contribution in [0.4, 0.5) is 0 Å². The number of aryl methyl sites for hydroxylation is 2. The third-order valence-corrected chi connectivity index (χ3v) is 6.02. The third-order valence-electron chi connectivity index (χ3n) is 6.02. The van der Waals surface area contributed by atoms with Crippen LogP contribution < -0.4 is 5.32 Å². The molecule has 0 aromatic heterocycles. The molecule has 4 nitrogen and oxygen atoms in total. The van der Waals surface area contributed by atoms with Gasteiger partial charge in [-0.15, -0.1) is 0 Å². The zero-order valence-corrected chi connectivity index (χ0v) is 21.5. The monoisotopic (exact) mass is 470 g/mol. The van der Waals surface area contributed by atoms with Crippen LogP contribution in [0.15, 0.2) is 84.9 Å². The van der Waals surface area contributed by atoms with Crippen LogP contribution >= 0.6 is 0 Å². The fourth-order valence-corrected chi connectivity index (χ4v) is 4.12. The maximum absolute atomic E-state index is 13.7. The van der Waals surface area contributed by atoms with Gasteiger partial charge in [-0.25, -0.2) is 0 Å². The number of nitrogens with one attached hydrogen (secondary N) is 1. The molecule has 2 amide bonds. The predicted octanol–water partition coefficient (Wildman–Crippen LogP) is 5.74. The number of rotatable bonds is 10. The minimum Gasteiger partial charge on any atom is -0.350 e. The lowest BCUT2D eigenvalue weighted by atomic mass is 9.99. The highest BCUT2D eigenvalue weighted by molar-refractivity contribution is 5.88. The van der Waals surface area contributed by atoms with Crippen LogP contribution in [0, 0.1) is 0 Å². The van der Waals surface area contributed by atoms with Crippen molar-refractivity contribution in [3.05, 3.63) is 107 Å². The first-order valence-electron chi connectivity index (χ1n) is 12.5. The topological polar surface area (TPSA) is 49.4 Å². The van der Waals surface area contributed by atoms with Crippen molar-refractivity contribution in [3.63, 3.8) is 0 Å². The van der Waals surface area contributed by atoms with E-state index in [4.69, 9.17) is 0 Å². The number of amides is 2. The second kappa shape index (κ2) is 12.3. The number of hydrogen-bond acceptors (Lipinski definition) is 2. The first-order chi connectivity index (χ1) is 16.7. The molecule has 0 saturated heterocycles. The molecule has 1 N–H and O–H groups in total. The molecule has 0 radical (unpaired) electrons. The number of hydrogen-bond donors (Lipinski definition) is 1. The van der Waals surface area contributed by atoms with E-state index in [0.717, 1.165) is 23.1 Å². The van der Waals surface area contributed by atoms with Gasteiger partial charge in [-0.1, -0.05) is 91.9 Å². The average molecular weight is 471 g/mol. The van der Waals surface area contributed by atoms with Crippen LogP contribution in [-0.2, 0) is 35.4 Å². The van der Waals surface area contributed by atoms with Crippen LogP contribution in [0.2, 0.25) is 0 Å². The van der Waals surface area contributed by atoms with Gasteiger partial charge >= 0.3 is 0 Å². The standard InChI is InChI=1S/C31H38N2O2/c1-5-24-16-18-25(19-17-24)20-21-29(34)33(23-27-14-10-7-11-15-27)28(30(35)32-31(2,3)4)22-26-12-8-6-9-13-26/h6-19,28H,5,20-23H2,1-4H3,(H,32,35)/t28-/m1/s1. The SMILES string of the molecule is CCc1ccc(CCC(=O)N(Cc2ccccc2)[C@H](Cc2ccccc2)C(=O)NC(C)(C)C)cc1. The molecule has 0 aliphatic heterocycles. The summed E-state index contributed by atoms with van der Waals surface area (Å²) >= 11 is 0. The third kappa shape index (κ3) is 8.40. The van der Waals surface area contributed by atoms with E-state index in [2.05, 4.69) is 36.5 Å². The van der Waals surface area contributed by atoms with Gasteiger partial charge in [0.25, 0.3) is 0 Å². The van der Waals surface area contributed by atoms with Crippen molar-refractivity contribution in [2.24, 2.45) is 0 Å². The van der Waals surface area contributed by atoms with Gasteiger partial charge < -0.3 is 10.2 Å². The van der Waals surface area contributed by atoms with Crippen LogP contribution in [0.1, 0.15) is 56.4 Å². The Bertz CT molecular complexity index is 1070. The highest BCUT2D eigenvalue weighted by atomic mass is 16.2. The summed E-state index contributed by atoms with van der Waals surface area (Å²) in [6, 6.07) is 27.7. The summed E-state index contributed by atoms with van der Waals surface area (Å²) in [6.45, 7) is 8.43. The van der Waals surface area contributed by atoms with E-state index in [0.29, 0.717) is 25.8 Å². The zero-order chi connectivity index (χ0) is 25.3. The highest BCUT2D eigenvalue weighted by Crippen LogP contribution is 2.18. The Kier molecular flexibility index (Phi) is 9.25. The summed E-state index contributed by atoms with van der Waals surface area (Å²) in [4.78, 5) is 29.0. The molecule has 3 rings (SSSR count). The van der Waals surface area contributed by atoms with Gasteiger partial charge in [0.1, 0.15) is 6.04 Å². The number of carbonyl (C=O) groups is 2. The minimum absolute atomic E-state index is 0.0154. The molecular weight excluding hydrogens is 432 g/mol. The van der Waals surface area contributed by atoms with Crippen LogP contribution in [-0.4, -0.2) is 28.3 Å². The van der Waals surface area contributed by atoms with E-state index in [1.165, 1.54) is 5.56 Å². The lowest BCUT2D eigenvalue weighted by molar-refractivity contribution is -0.141. The first-order valence-corrected chi connectivity index (χ1v) is 12.5. The fraction of sp³-hybridized carbons (Fsp3) is 0.355. The second-order valence-corrected chi connectivity index (χ2v) is 10.1. The number of carbonyl (C=O) groups excluding carboxylic acids is 2. The fourth-order valence-electron chi connectivity index (χ4n) is 4.12. The van der Waals surface area contributed by atoms with E-state index in [1.54, 1.807) is 4.90 Å². The molecule has 3 aromatic carbocycles. The lowest BCUT2D eigenvalue weighted by Gasteiger charge is -2.34. The molecule has 3 aromatic rings. The molecule has 0 bridgehead atoms. The normalized spacial score (nSPS) is 12.1. The number of nitrogens with zero attached hydrogens (tertiary/aromatic N) is 1. The van der Waals surface area contributed by atoms with E-state index in [1.807, 2.05) is 81.4 Å². The van der Waals surface area contributed by atoms with Crippen LogP contribution in [0.3, 0.4) is 0 Å². The Labute approximate surface area is 210 Å². The molecular formula is C31H38N2O2. The molecule has 1 atom stereocenters. The highest BCUT2D eigenvalue weighted by Gasteiger charge is 2.32. The van der Waals surface area contributed by atoms with Crippen LogP contribution in [0.5, 0.6) is 0 Å². The minimum atomic E-state index is -0.605. The predicted molar refractivity (Wildman–Crippen MR) is 143 cm³/mol. The van der Waals surface area contributed by atoms with Gasteiger partial charge in [-0.3, -0.25) is 9.59 Å². The maximum Gasteiger partial charge on any atom is 0.243 e. The summed E-state index contributed by atoms with van der Waals surface area (Å²) in [6.07, 6.45) is 2.46. The number of benzene rings is 3. The van der Waals surface area contributed by atoms with Crippen molar-refractivity contribution in [2.75, 3.05) is 0 Å². The van der Waals surface area contributed by atoms with Gasteiger partial charge in [0.2, 0.25) is 11.8 Å². The molecule has 0 spiro atoms. The molecule has 0 aliphatic rings. The van der Waals surface area contributed by atoms with Gasteiger partial charge in [0.15, 0.2) is 0 Å². The Morgan fingerprint density at radius 3 is 1.86 bits per heavy atom. The Morgan fingerprint density at radius 1 is 0.771 bits per heavy atom. The molecule has 0 aliphatic carbocycles. The molecule has 35 heavy (non-hydrogen) atoms. The second-order valence-electron chi connectivity index (χ2n) is 10.1. The first kappa shape index (κ1) is 26.2. The van der Waals surface area contributed by atoms with Crippen molar-refractivity contribution in [3.8, 4) is 0 Å². The average Bonchev–Trinajstić information content (AvgIpc) is 2.85. The Morgan fingerprint density at radius 2 is 1.31 bits per heavy atom. The Hall–Kier alpha value is -3.40. The molecule has 0 unspecified atom stereocenters. The van der Waals surface area contributed by atoms with Crippen molar-refractivity contribution < 1.29 is 9.59 Å². The van der Waals surface area contributed by atoms with Gasteiger partial charge in [0.05, 0.1) is 0 Å². The van der Waals surface area contributed by atoms with E-state index < -0.39 is 11.6 Å². The summed E-state index contributed by atoms with van der Waals surface area (Å²) in [7, 11) is 0. The summed E-state index contributed by atoms with van der Waals surface area (Å²) < 4.78 is 0. The molecule has 184 valence electrons. The van der Waals surface area contributed by atoms with Crippen molar-refractivity contribution in [1.82, 2.24) is 10.2 Å². The van der Waals surface area contributed by atoms with Crippen molar-refractivity contribution in [2.45, 2.75) is 71.5 Å². The largest absolute Gasteiger partial charge is 0.350 e. The summed E-state index contributed by atoms with van der Waals surface area (Å²) in [5.74, 6) is -0.142. The van der Waals surface area contributed by atoms with E-state index in [-0.39, 0.29) is 11.8 Å². The van der Waals surface area contributed by atoms with Gasteiger partial charge in [-0.2, -0.15) is 0 Å². The van der Waals surface area contributed by atoms with Gasteiger partial charge in [0, 0.05) is 24.9 Å². The molecule has 0 heterocycles. The zero-order valence-electron chi connectivity index (χ0n) is 21.5. The summed E-state index contributed by atoms with van der Waals surface area (Å²) in [5.41, 5.74) is 4.06.